The van der Waals surface area contributed by atoms with E-state index in [-0.39, 0.29) is 38.2 Å². The molecule has 5 rings (SSSR count). The molecule has 3 aromatic carbocycles. The van der Waals surface area contributed by atoms with Crippen LogP contribution < -0.4 is 0 Å². The van der Waals surface area contributed by atoms with Crippen LogP contribution in [0.5, 0.6) is 0 Å². The Hall–Kier alpha value is -4.17. The van der Waals surface area contributed by atoms with Crippen molar-refractivity contribution in [1.29, 1.82) is 0 Å². The minimum atomic E-state index is -0.815. The second-order valence-electron chi connectivity index (χ2n) is 10.8. The van der Waals surface area contributed by atoms with E-state index in [4.69, 9.17) is 14.2 Å². The molecular weight excluding hydrogens is 520 g/mol. The van der Waals surface area contributed by atoms with Gasteiger partial charge in [0.1, 0.15) is 12.6 Å². The summed E-state index contributed by atoms with van der Waals surface area (Å²) in [5.41, 5.74) is 2.97. The summed E-state index contributed by atoms with van der Waals surface area (Å²) < 4.78 is 16.5. The van der Waals surface area contributed by atoms with E-state index in [2.05, 4.69) is 0 Å². The molecule has 0 unspecified atom stereocenters. The molecule has 1 fully saturated rings. The largest absolute Gasteiger partial charge is 0.469 e. The molecule has 2 aliphatic rings. The number of carbonyl (C=O) groups is 3. The van der Waals surface area contributed by atoms with Crippen molar-refractivity contribution in [1.82, 2.24) is 9.80 Å². The Morgan fingerprint density at radius 3 is 2.17 bits per heavy atom. The predicted octanol–water partition coefficient (Wildman–Crippen LogP) is 4.92. The molecule has 0 spiro atoms. The Balaban J connectivity index is 1.49. The zero-order valence-corrected chi connectivity index (χ0v) is 23.5. The number of nitrogens with zero attached hydrogens (tertiary/aromatic N) is 2. The molecule has 41 heavy (non-hydrogen) atoms. The summed E-state index contributed by atoms with van der Waals surface area (Å²) >= 11 is 0. The third-order valence-electron chi connectivity index (χ3n) is 8.09. The van der Waals surface area contributed by atoms with Crippen molar-refractivity contribution in [2.75, 3.05) is 27.4 Å². The zero-order valence-electron chi connectivity index (χ0n) is 23.5. The lowest BCUT2D eigenvalue weighted by Gasteiger charge is -2.41. The maximum atomic E-state index is 14.7. The summed E-state index contributed by atoms with van der Waals surface area (Å²) in [6, 6.07) is 25.7. The van der Waals surface area contributed by atoms with E-state index in [1.807, 2.05) is 84.9 Å². The molecule has 2 amide bonds. The number of hydrogen-bond donors (Lipinski definition) is 0. The first-order valence-corrected chi connectivity index (χ1v) is 13.9. The van der Waals surface area contributed by atoms with Gasteiger partial charge >= 0.3 is 12.1 Å². The molecule has 0 radical (unpaired) electrons. The van der Waals surface area contributed by atoms with Crippen molar-refractivity contribution in [3.63, 3.8) is 0 Å². The molecular formula is C33H36N2O6. The quantitative estimate of drug-likeness (QED) is 0.330. The summed E-state index contributed by atoms with van der Waals surface area (Å²) in [4.78, 5) is 44.3. The van der Waals surface area contributed by atoms with Crippen molar-refractivity contribution in [3.05, 3.63) is 107 Å². The van der Waals surface area contributed by atoms with Gasteiger partial charge in [-0.2, -0.15) is 0 Å². The number of methoxy groups -OCH3 is 2. The second-order valence-corrected chi connectivity index (χ2v) is 10.8. The van der Waals surface area contributed by atoms with Crippen LogP contribution in [-0.2, 0) is 43.4 Å². The normalized spacial score (nSPS) is 17.6. The van der Waals surface area contributed by atoms with E-state index in [1.165, 1.54) is 12.0 Å². The number of carbonyl (C=O) groups excluding carboxylic acids is 3. The van der Waals surface area contributed by atoms with Crippen LogP contribution in [0.15, 0.2) is 84.9 Å². The highest BCUT2D eigenvalue weighted by atomic mass is 16.6. The summed E-state index contributed by atoms with van der Waals surface area (Å²) in [5.74, 6) is -0.579. The molecule has 1 heterocycles. The number of amides is 2. The average Bonchev–Trinajstić information content (AvgIpc) is 3.82. The van der Waals surface area contributed by atoms with Crippen molar-refractivity contribution in [2.24, 2.45) is 5.41 Å². The fraction of sp³-hybridized carbons (Fsp3) is 0.364. The van der Waals surface area contributed by atoms with Gasteiger partial charge in [-0.1, -0.05) is 84.9 Å². The van der Waals surface area contributed by atoms with Gasteiger partial charge in [-0.25, -0.2) is 4.79 Å². The number of benzene rings is 3. The number of ether oxygens (including phenoxy) is 3. The predicted molar refractivity (Wildman–Crippen MR) is 153 cm³/mol. The van der Waals surface area contributed by atoms with Crippen LogP contribution in [0.25, 0.3) is 0 Å². The number of rotatable bonds is 10. The zero-order chi connectivity index (χ0) is 28.8. The van der Waals surface area contributed by atoms with Gasteiger partial charge in [-0.15, -0.1) is 0 Å². The maximum Gasteiger partial charge on any atom is 0.411 e. The Kier molecular flexibility index (Phi) is 8.69. The monoisotopic (exact) mass is 556 g/mol. The number of fused-ring (bicyclic) bond motifs is 1. The molecule has 0 N–H and O–H groups in total. The molecule has 8 nitrogen and oxygen atoms in total. The van der Waals surface area contributed by atoms with Crippen LogP contribution in [-0.4, -0.2) is 61.2 Å². The van der Waals surface area contributed by atoms with Gasteiger partial charge in [-0.05, 0) is 35.1 Å². The van der Waals surface area contributed by atoms with Gasteiger partial charge in [0.2, 0.25) is 5.91 Å². The van der Waals surface area contributed by atoms with E-state index in [1.54, 1.807) is 12.0 Å². The third kappa shape index (κ3) is 6.28. The fourth-order valence-corrected chi connectivity index (χ4v) is 5.59. The lowest BCUT2D eigenvalue weighted by Crippen LogP contribution is -2.56. The van der Waals surface area contributed by atoms with Gasteiger partial charge < -0.3 is 19.1 Å². The number of hydrogen-bond acceptors (Lipinski definition) is 6. The van der Waals surface area contributed by atoms with Crippen LogP contribution in [0.3, 0.4) is 0 Å². The highest BCUT2D eigenvalue weighted by Crippen LogP contribution is 2.48. The Labute approximate surface area is 240 Å². The van der Waals surface area contributed by atoms with Crippen LogP contribution in [0.1, 0.15) is 41.1 Å². The molecule has 0 aromatic heterocycles. The van der Waals surface area contributed by atoms with E-state index >= 15 is 0 Å². The van der Waals surface area contributed by atoms with Crippen molar-refractivity contribution < 1.29 is 28.6 Å². The summed E-state index contributed by atoms with van der Waals surface area (Å²) in [6.07, 6.45) is 1.05. The molecule has 214 valence electrons. The van der Waals surface area contributed by atoms with Gasteiger partial charge in [0, 0.05) is 20.1 Å². The van der Waals surface area contributed by atoms with Gasteiger partial charge in [0.05, 0.1) is 31.7 Å². The Morgan fingerprint density at radius 2 is 1.54 bits per heavy atom. The van der Waals surface area contributed by atoms with Gasteiger partial charge in [-0.3, -0.25) is 14.5 Å². The second kappa shape index (κ2) is 12.6. The van der Waals surface area contributed by atoms with Crippen molar-refractivity contribution >= 4 is 18.0 Å². The van der Waals surface area contributed by atoms with Gasteiger partial charge in [0.15, 0.2) is 0 Å². The smallest absolute Gasteiger partial charge is 0.411 e. The molecule has 0 bridgehead atoms. The van der Waals surface area contributed by atoms with Crippen LogP contribution >= 0.6 is 0 Å². The highest BCUT2D eigenvalue weighted by Gasteiger charge is 2.54. The lowest BCUT2D eigenvalue weighted by molar-refractivity contribution is -0.151. The van der Waals surface area contributed by atoms with Crippen molar-refractivity contribution in [3.8, 4) is 0 Å². The highest BCUT2D eigenvalue weighted by molar-refractivity contribution is 5.88. The Morgan fingerprint density at radius 1 is 0.902 bits per heavy atom. The maximum absolute atomic E-state index is 14.7. The standard InChI is InChI=1S/C33H36N2O6/c1-39-22-29(25-13-7-4-8-14-25)35(23-33(17-18-33)31(37)40-2)30(36)28-19-26-15-9-10-16-27(26)20-34(28)32(38)41-21-24-11-5-3-6-12-24/h3-16,28-29H,17-23H2,1-2H3/t28-,29-/m0/s1. The first kappa shape index (κ1) is 28.4. The molecule has 1 aliphatic carbocycles. The van der Waals surface area contributed by atoms with Crippen molar-refractivity contribution in [2.45, 2.75) is 44.5 Å². The molecule has 1 aliphatic heterocycles. The number of esters is 1. The third-order valence-corrected chi connectivity index (χ3v) is 8.09. The lowest BCUT2D eigenvalue weighted by atomic mass is 9.92. The summed E-state index contributed by atoms with van der Waals surface area (Å²) in [7, 11) is 2.97. The minimum absolute atomic E-state index is 0.101. The fourth-order valence-electron chi connectivity index (χ4n) is 5.59. The van der Waals surface area contributed by atoms with Crippen LogP contribution in [0.2, 0.25) is 0 Å². The first-order valence-electron chi connectivity index (χ1n) is 13.9. The molecule has 2 atom stereocenters. The van der Waals surface area contributed by atoms with E-state index in [0.717, 1.165) is 22.3 Å². The Bertz CT molecular complexity index is 1360. The topological polar surface area (TPSA) is 85.4 Å². The average molecular weight is 557 g/mol. The molecule has 1 saturated carbocycles. The first-order chi connectivity index (χ1) is 20.0. The van der Waals surface area contributed by atoms with Gasteiger partial charge in [0.25, 0.3) is 0 Å². The molecule has 0 saturated heterocycles. The SMILES string of the molecule is COC[C@@H](c1ccccc1)N(CC1(C(=O)OC)CC1)C(=O)[C@@H]1Cc2ccccc2CN1C(=O)OCc1ccccc1. The minimum Gasteiger partial charge on any atom is -0.469 e. The van der Waals surface area contributed by atoms with E-state index in [0.29, 0.717) is 19.3 Å². The van der Waals surface area contributed by atoms with E-state index < -0.39 is 23.6 Å². The van der Waals surface area contributed by atoms with Crippen LogP contribution in [0, 0.1) is 5.41 Å². The van der Waals surface area contributed by atoms with Crippen LogP contribution in [0.4, 0.5) is 4.79 Å². The molecule has 3 aromatic rings. The van der Waals surface area contributed by atoms with E-state index in [9.17, 15) is 14.4 Å². The summed E-state index contributed by atoms with van der Waals surface area (Å²) in [6.45, 7) is 0.752. The molecule has 8 heteroatoms. The summed E-state index contributed by atoms with van der Waals surface area (Å²) in [5, 5.41) is 0.